The molecule has 0 saturated heterocycles. The first-order chi connectivity index (χ1) is 13.3. The molecule has 2 N–H and O–H groups in total. The van der Waals surface area contributed by atoms with Gasteiger partial charge in [-0.2, -0.15) is 0 Å². The second-order valence-electron chi connectivity index (χ2n) is 6.33. The van der Waals surface area contributed by atoms with Gasteiger partial charge >= 0.3 is 0 Å². The highest BCUT2D eigenvalue weighted by molar-refractivity contribution is 14.0. The Morgan fingerprint density at radius 2 is 1.71 bits per heavy atom. The van der Waals surface area contributed by atoms with Crippen LogP contribution in [0.2, 0.25) is 0 Å². The van der Waals surface area contributed by atoms with Crippen LogP contribution in [0.1, 0.15) is 12.5 Å². The van der Waals surface area contributed by atoms with Crippen LogP contribution < -0.4 is 20.3 Å². The molecule has 0 amide bonds. The summed E-state index contributed by atoms with van der Waals surface area (Å²) in [5.41, 5.74) is 2.46. The van der Waals surface area contributed by atoms with Crippen LogP contribution in [0.3, 0.4) is 0 Å². The van der Waals surface area contributed by atoms with Crippen LogP contribution in [-0.4, -0.2) is 38.7 Å². The highest BCUT2D eigenvalue weighted by Gasteiger charge is 2.07. The van der Waals surface area contributed by atoms with Gasteiger partial charge in [-0.3, -0.25) is 0 Å². The summed E-state index contributed by atoms with van der Waals surface area (Å²) in [5, 5.41) is 6.59. The first kappa shape index (κ1) is 22.1. The maximum absolute atomic E-state index is 5.70. The lowest BCUT2D eigenvalue weighted by atomic mass is 10.2. The molecule has 1 aliphatic rings. The van der Waals surface area contributed by atoms with Gasteiger partial charge in [0, 0.05) is 25.3 Å². The van der Waals surface area contributed by atoms with E-state index < -0.39 is 0 Å². The number of hydrogen-bond acceptors (Lipinski definition) is 3. The highest BCUT2D eigenvalue weighted by Crippen LogP contribution is 2.17. The Labute approximate surface area is 184 Å². The minimum absolute atomic E-state index is 0. The van der Waals surface area contributed by atoms with Crippen LogP contribution >= 0.6 is 24.0 Å². The number of nitrogens with zero attached hydrogens (tertiary/aromatic N) is 2. The third-order valence-electron chi connectivity index (χ3n) is 4.29. The number of halogens is 1. The largest absolute Gasteiger partial charge is 0.492 e. The van der Waals surface area contributed by atoms with Crippen molar-refractivity contribution in [2.24, 2.45) is 4.99 Å². The van der Waals surface area contributed by atoms with Crippen molar-refractivity contribution in [1.82, 2.24) is 10.6 Å². The quantitative estimate of drug-likeness (QED) is 0.194. The summed E-state index contributed by atoms with van der Waals surface area (Å²) in [4.78, 5) is 7.01. The van der Waals surface area contributed by atoms with E-state index in [0.29, 0.717) is 19.7 Å². The van der Waals surface area contributed by atoms with Crippen molar-refractivity contribution in [2.75, 3.05) is 37.7 Å². The zero-order valence-electron chi connectivity index (χ0n) is 16.3. The Morgan fingerprint density at radius 1 is 1.00 bits per heavy atom. The fourth-order valence-electron chi connectivity index (χ4n) is 2.87. The standard InChI is InChI=1S/C22H28N4O.HI/c1-2-23-22(24-14-17-27-21-8-4-3-5-9-21)25-18-19-10-12-20(13-11-19)26-15-6-7-16-26;/h3-13H,2,14-18H2,1H3,(H2,23,24,25);1H. The average Bonchev–Trinajstić information content (AvgIpc) is 3.25. The number of guanidine groups is 1. The van der Waals surface area contributed by atoms with Gasteiger partial charge in [0.1, 0.15) is 12.4 Å². The number of benzene rings is 2. The van der Waals surface area contributed by atoms with Gasteiger partial charge in [-0.05, 0) is 36.8 Å². The molecule has 0 atom stereocenters. The molecule has 3 rings (SSSR count). The number of aliphatic imine (C=N–C) groups is 1. The number of nitrogens with one attached hydrogen (secondary N) is 2. The lowest BCUT2D eigenvalue weighted by molar-refractivity contribution is 0.322. The number of anilines is 1. The second-order valence-corrected chi connectivity index (χ2v) is 6.33. The molecule has 0 radical (unpaired) electrons. The molecule has 0 aliphatic carbocycles. The molecule has 0 unspecified atom stereocenters. The van der Waals surface area contributed by atoms with Gasteiger partial charge in [0.2, 0.25) is 0 Å². The lowest BCUT2D eigenvalue weighted by Crippen LogP contribution is -2.39. The third-order valence-corrected chi connectivity index (χ3v) is 4.29. The smallest absolute Gasteiger partial charge is 0.191 e. The molecule has 2 aromatic carbocycles. The molecular weight excluding hydrogens is 463 g/mol. The van der Waals surface area contributed by atoms with E-state index in [4.69, 9.17) is 4.74 Å². The topological polar surface area (TPSA) is 48.9 Å². The number of hydrogen-bond donors (Lipinski definition) is 2. The molecule has 0 bridgehead atoms. The molecule has 2 aromatic rings. The molecule has 0 fully saturated rings. The number of para-hydroxylation sites is 1. The number of rotatable bonds is 8. The molecule has 0 aromatic heterocycles. The molecular formula is C22H29IN4O. The second kappa shape index (κ2) is 12.3. The van der Waals surface area contributed by atoms with Crippen molar-refractivity contribution in [1.29, 1.82) is 0 Å². The Kier molecular flexibility index (Phi) is 9.68. The van der Waals surface area contributed by atoms with E-state index in [-0.39, 0.29) is 24.0 Å². The Bertz CT molecular complexity index is 739. The van der Waals surface area contributed by atoms with Crippen molar-refractivity contribution >= 4 is 35.6 Å². The molecule has 5 nitrogen and oxygen atoms in total. The van der Waals surface area contributed by atoms with E-state index in [1.165, 1.54) is 11.3 Å². The van der Waals surface area contributed by atoms with Gasteiger partial charge in [-0.1, -0.05) is 42.5 Å². The van der Waals surface area contributed by atoms with Crippen LogP contribution in [0.5, 0.6) is 5.75 Å². The molecule has 1 aliphatic heterocycles. The molecule has 1 heterocycles. The fraction of sp³-hybridized carbons (Fsp3) is 0.318. The monoisotopic (exact) mass is 492 g/mol. The van der Waals surface area contributed by atoms with Gasteiger partial charge in [0.25, 0.3) is 0 Å². The summed E-state index contributed by atoms with van der Waals surface area (Å²) in [6.45, 7) is 6.82. The summed E-state index contributed by atoms with van der Waals surface area (Å²) < 4.78 is 5.70. The van der Waals surface area contributed by atoms with E-state index >= 15 is 0 Å². The van der Waals surface area contributed by atoms with Crippen LogP contribution in [0.4, 0.5) is 5.69 Å². The maximum atomic E-state index is 5.70. The predicted octanol–water partition coefficient (Wildman–Crippen LogP) is 3.81. The van der Waals surface area contributed by atoms with E-state index in [2.05, 4.69) is 63.9 Å². The van der Waals surface area contributed by atoms with Gasteiger partial charge in [-0.25, -0.2) is 4.99 Å². The van der Waals surface area contributed by atoms with Crippen molar-refractivity contribution in [2.45, 2.75) is 13.5 Å². The molecule has 0 saturated carbocycles. The normalized spacial score (nSPS) is 13.2. The first-order valence-electron chi connectivity index (χ1n) is 9.54. The van der Waals surface area contributed by atoms with E-state index in [1.807, 2.05) is 30.3 Å². The van der Waals surface area contributed by atoms with Gasteiger partial charge in [-0.15, -0.1) is 24.0 Å². The Balaban J connectivity index is 0.00000280. The lowest BCUT2D eigenvalue weighted by Gasteiger charge is -2.17. The van der Waals surface area contributed by atoms with Crippen LogP contribution in [0, 0.1) is 0 Å². The molecule has 150 valence electrons. The average molecular weight is 492 g/mol. The minimum atomic E-state index is 0. The van der Waals surface area contributed by atoms with Gasteiger partial charge in [0.15, 0.2) is 5.96 Å². The van der Waals surface area contributed by atoms with E-state index in [1.54, 1.807) is 0 Å². The highest BCUT2D eigenvalue weighted by atomic mass is 127. The van der Waals surface area contributed by atoms with E-state index in [9.17, 15) is 0 Å². The van der Waals surface area contributed by atoms with Crippen molar-refractivity contribution in [3.05, 3.63) is 72.3 Å². The third kappa shape index (κ3) is 7.07. The van der Waals surface area contributed by atoms with Crippen molar-refractivity contribution in [3.8, 4) is 5.75 Å². The van der Waals surface area contributed by atoms with Crippen molar-refractivity contribution < 1.29 is 4.74 Å². The molecule has 6 heteroatoms. The minimum Gasteiger partial charge on any atom is -0.492 e. The van der Waals surface area contributed by atoms with E-state index in [0.717, 1.165) is 31.3 Å². The summed E-state index contributed by atoms with van der Waals surface area (Å²) >= 11 is 0. The van der Waals surface area contributed by atoms with Crippen LogP contribution in [0.15, 0.2) is 71.7 Å². The maximum Gasteiger partial charge on any atom is 0.191 e. The predicted molar refractivity (Wildman–Crippen MR) is 128 cm³/mol. The molecule has 0 spiro atoms. The van der Waals surface area contributed by atoms with Crippen LogP contribution in [0.25, 0.3) is 0 Å². The molecule has 28 heavy (non-hydrogen) atoms. The zero-order chi connectivity index (χ0) is 18.7. The summed E-state index contributed by atoms with van der Waals surface area (Å²) in [7, 11) is 0. The SMILES string of the molecule is CCNC(=NCc1ccc(N2CC=CC2)cc1)NCCOc1ccccc1.I. The van der Waals surface area contributed by atoms with Gasteiger partial charge in [0.05, 0.1) is 13.1 Å². The summed E-state index contributed by atoms with van der Waals surface area (Å²) in [6.07, 6.45) is 4.40. The number of ether oxygens (including phenoxy) is 1. The fourth-order valence-corrected chi connectivity index (χ4v) is 2.87. The van der Waals surface area contributed by atoms with Crippen LogP contribution in [-0.2, 0) is 6.54 Å². The Hall–Kier alpha value is -2.22. The Morgan fingerprint density at radius 3 is 2.39 bits per heavy atom. The first-order valence-corrected chi connectivity index (χ1v) is 9.54. The van der Waals surface area contributed by atoms with Gasteiger partial charge < -0.3 is 20.3 Å². The van der Waals surface area contributed by atoms with Crippen molar-refractivity contribution in [3.63, 3.8) is 0 Å². The zero-order valence-corrected chi connectivity index (χ0v) is 18.6. The summed E-state index contributed by atoms with van der Waals surface area (Å²) in [6, 6.07) is 18.5. The summed E-state index contributed by atoms with van der Waals surface area (Å²) in [5.74, 6) is 1.69.